The zero-order valence-corrected chi connectivity index (χ0v) is 14.1. The predicted molar refractivity (Wildman–Crippen MR) is 86.5 cm³/mol. The average molecular weight is 310 g/mol. The molecule has 1 aromatic carbocycles. The van der Waals surface area contributed by atoms with E-state index in [-0.39, 0.29) is 11.9 Å². The molecule has 0 saturated carbocycles. The molecule has 22 heavy (non-hydrogen) atoms. The molecule has 1 rings (SSSR count). The molecule has 1 atom stereocenters. The van der Waals surface area contributed by atoms with E-state index in [4.69, 9.17) is 4.74 Å². The number of hydrogen-bond donors (Lipinski definition) is 2. The third-order valence-corrected chi connectivity index (χ3v) is 3.14. The van der Waals surface area contributed by atoms with Crippen LogP contribution in [-0.4, -0.2) is 30.8 Å². The van der Waals surface area contributed by atoms with Crippen molar-refractivity contribution in [2.24, 2.45) is 0 Å². The first-order valence-electron chi connectivity index (χ1n) is 7.62. The van der Waals surface area contributed by atoms with Crippen molar-refractivity contribution in [3.8, 4) is 0 Å². The number of carbonyl (C=O) groups excluding carboxylic acids is 1. The van der Waals surface area contributed by atoms with Gasteiger partial charge < -0.3 is 15.4 Å². The highest BCUT2D eigenvalue weighted by Gasteiger charge is 2.16. The minimum Gasteiger partial charge on any atom is -0.444 e. The maximum absolute atomic E-state index is 13.0. The smallest absolute Gasteiger partial charge is 0.407 e. The van der Waals surface area contributed by atoms with Crippen LogP contribution in [0.3, 0.4) is 0 Å². The lowest BCUT2D eigenvalue weighted by molar-refractivity contribution is 0.0523. The zero-order chi connectivity index (χ0) is 16.8. The molecule has 0 radical (unpaired) electrons. The van der Waals surface area contributed by atoms with Crippen LogP contribution in [0.25, 0.3) is 0 Å². The Labute approximate surface area is 132 Å². The number of rotatable bonds is 6. The summed E-state index contributed by atoms with van der Waals surface area (Å²) in [5.74, 6) is -0.205. The van der Waals surface area contributed by atoms with Gasteiger partial charge in [0.05, 0.1) is 0 Å². The molecule has 0 fully saturated rings. The lowest BCUT2D eigenvalue weighted by Gasteiger charge is -2.21. The van der Waals surface area contributed by atoms with Crippen molar-refractivity contribution in [2.45, 2.75) is 52.7 Å². The molecule has 2 N–H and O–H groups in total. The van der Waals surface area contributed by atoms with Gasteiger partial charge in [-0.15, -0.1) is 0 Å². The Hall–Kier alpha value is -1.62. The van der Waals surface area contributed by atoms with Crippen molar-refractivity contribution in [3.63, 3.8) is 0 Å². The van der Waals surface area contributed by atoms with E-state index >= 15 is 0 Å². The third-order valence-electron chi connectivity index (χ3n) is 3.14. The fraction of sp³-hybridized carbons (Fsp3) is 0.588. The molecule has 0 saturated heterocycles. The minimum absolute atomic E-state index is 0.133. The van der Waals surface area contributed by atoms with Crippen molar-refractivity contribution < 1.29 is 13.9 Å². The van der Waals surface area contributed by atoms with Gasteiger partial charge >= 0.3 is 6.09 Å². The predicted octanol–water partition coefficient (Wildman–Crippen LogP) is 3.18. The average Bonchev–Trinajstić information content (AvgIpc) is 2.37. The first kappa shape index (κ1) is 18.4. The summed E-state index contributed by atoms with van der Waals surface area (Å²) in [4.78, 5) is 11.5. The highest BCUT2D eigenvalue weighted by molar-refractivity contribution is 5.67. The Morgan fingerprint density at radius 2 is 2.05 bits per heavy atom. The van der Waals surface area contributed by atoms with Crippen LogP contribution in [0, 0.1) is 12.7 Å². The number of benzene rings is 1. The van der Waals surface area contributed by atoms with Gasteiger partial charge in [0.15, 0.2) is 0 Å². The topological polar surface area (TPSA) is 50.4 Å². The van der Waals surface area contributed by atoms with Gasteiger partial charge in [0.25, 0.3) is 0 Å². The van der Waals surface area contributed by atoms with Crippen LogP contribution in [0.1, 0.15) is 38.8 Å². The molecule has 0 aliphatic carbocycles. The molecular weight excluding hydrogens is 283 g/mol. The van der Waals surface area contributed by atoms with E-state index in [9.17, 15) is 9.18 Å². The molecule has 1 unspecified atom stereocenters. The fourth-order valence-electron chi connectivity index (χ4n) is 2.02. The highest BCUT2D eigenvalue weighted by Crippen LogP contribution is 2.10. The van der Waals surface area contributed by atoms with E-state index in [1.54, 1.807) is 6.07 Å². The molecule has 0 aliphatic heterocycles. The molecule has 4 nitrogen and oxygen atoms in total. The van der Waals surface area contributed by atoms with Crippen LogP contribution in [0.5, 0.6) is 0 Å². The fourth-order valence-corrected chi connectivity index (χ4v) is 2.02. The Morgan fingerprint density at radius 3 is 2.64 bits per heavy atom. The zero-order valence-electron chi connectivity index (χ0n) is 14.1. The van der Waals surface area contributed by atoms with Gasteiger partial charge in [-0.1, -0.05) is 6.07 Å². The largest absolute Gasteiger partial charge is 0.444 e. The second-order valence-corrected chi connectivity index (χ2v) is 6.56. The number of alkyl carbamates (subject to hydrolysis) is 1. The summed E-state index contributed by atoms with van der Waals surface area (Å²) in [5, 5.41) is 6.06. The lowest BCUT2D eigenvalue weighted by Crippen LogP contribution is -2.41. The summed E-state index contributed by atoms with van der Waals surface area (Å²) >= 11 is 0. The van der Waals surface area contributed by atoms with Gasteiger partial charge in [0.1, 0.15) is 11.4 Å². The monoisotopic (exact) mass is 310 g/mol. The lowest BCUT2D eigenvalue weighted by atomic mass is 10.1. The van der Waals surface area contributed by atoms with Gasteiger partial charge in [-0.3, -0.25) is 0 Å². The number of ether oxygens (including phenoxy) is 1. The maximum Gasteiger partial charge on any atom is 0.407 e. The Morgan fingerprint density at radius 1 is 1.36 bits per heavy atom. The van der Waals surface area contributed by atoms with E-state index in [2.05, 4.69) is 10.6 Å². The summed E-state index contributed by atoms with van der Waals surface area (Å²) < 4.78 is 18.2. The first-order chi connectivity index (χ1) is 10.2. The van der Waals surface area contributed by atoms with Gasteiger partial charge in [-0.2, -0.15) is 0 Å². The number of aryl methyl sites for hydroxylation is 1. The highest BCUT2D eigenvalue weighted by atomic mass is 19.1. The van der Waals surface area contributed by atoms with E-state index < -0.39 is 11.7 Å². The molecule has 5 heteroatoms. The van der Waals surface area contributed by atoms with Crippen LogP contribution in [0.15, 0.2) is 18.2 Å². The number of carbonyl (C=O) groups is 1. The Balaban J connectivity index is 2.26. The minimum atomic E-state index is -0.485. The maximum atomic E-state index is 13.0. The van der Waals surface area contributed by atoms with Crippen LogP contribution >= 0.6 is 0 Å². The van der Waals surface area contributed by atoms with E-state index in [0.29, 0.717) is 6.54 Å². The SMILES string of the molecule is Cc1cc(F)ccc1CCNC(C)CNC(=O)OC(C)(C)C. The molecule has 0 spiro atoms. The first-order valence-corrected chi connectivity index (χ1v) is 7.62. The van der Waals surface area contributed by atoms with Crippen LogP contribution in [0.2, 0.25) is 0 Å². The van der Waals surface area contributed by atoms with Crippen molar-refractivity contribution in [1.82, 2.24) is 10.6 Å². The van der Waals surface area contributed by atoms with Crippen LogP contribution < -0.4 is 10.6 Å². The number of hydrogen-bond acceptors (Lipinski definition) is 3. The molecule has 0 aromatic heterocycles. The number of nitrogens with one attached hydrogen (secondary N) is 2. The third kappa shape index (κ3) is 7.41. The number of amides is 1. The Bertz CT molecular complexity index is 498. The molecule has 0 heterocycles. The molecule has 0 bridgehead atoms. The van der Waals surface area contributed by atoms with Gasteiger partial charge in [0, 0.05) is 12.6 Å². The molecule has 0 aliphatic rings. The van der Waals surface area contributed by atoms with Gasteiger partial charge in [-0.25, -0.2) is 9.18 Å². The van der Waals surface area contributed by atoms with Crippen molar-refractivity contribution >= 4 is 6.09 Å². The summed E-state index contributed by atoms with van der Waals surface area (Å²) in [6.07, 6.45) is 0.415. The summed E-state index contributed by atoms with van der Waals surface area (Å²) in [5.41, 5.74) is 1.60. The van der Waals surface area contributed by atoms with Crippen molar-refractivity contribution in [3.05, 3.63) is 35.1 Å². The molecular formula is C17H27FN2O2. The number of halogens is 1. The second-order valence-electron chi connectivity index (χ2n) is 6.56. The van der Waals surface area contributed by atoms with Crippen molar-refractivity contribution in [1.29, 1.82) is 0 Å². The van der Waals surface area contributed by atoms with E-state index in [1.807, 2.05) is 40.7 Å². The van der Waals surface area contributed by atoms with E-state index in [1.165, 1.54) is 6.07 Å². The van der Waals surface area contributed by atoms with E-state index in [0.717, 1.165) is 24.1 Å². The molecule has 124 valence electrons. The quantitative estimate of drug-likeness (QED) is 0.848. The Kier molecular flexibility index (Phi) is 6.81. The summed E-state index contributed by atoms with van der Waals surface area (Å²) in [6, 6.07) is 4.97. The summed E-state index contributed by atoms with van der Waals surface area (Å²) in [6.45, 7) is 10.7. The van der Waals surface area contributed by atoms with Crippen molar-refractivity contribution in [2.75, 3.05) is 13.1 Å². The van der Waals surface area contributed by atoms with Crippen LogP contribution in [-0.2, 0) is 11.2 Å². The van der Waals surface area contributed by atoms with Gasteiger partial charge in [0.2, 0.25) is 0 Å². The normalized spacial score (nSPS) is 12.8. The van der Waals surface area contributed by atoms with Crippen LogP contribution in [0.4, 0.5) is 9.18 Å². The molecule has 1 amide bonds. The van der Waals surface area contributed by atoms with Gasteiger partial charge in [-0.05, 0) is 70.8 Å². The second kappa shape index (κ2) is 8.13. The molecule has 1 aromatic rings. The standard InChI is InChI=1S/C17H27FN2O2/c1-12-10-15(18)7-6-14(12)8-9-19-13(2)11-20-16(21)22-17(3,4)5/h6-7,10,13,19H,8-9,11H2,1-5H3,(H,20,21). The summed E-state index contributed by atoms with van der Waals surface area (Å²) in [7, 11) is 0.